The summed E-state index contributed by atoms with van der Waals surface area (Å²) in [5, 5.41) is 10.0. The summed E-state index contributed by atoms with van der Waals surface area (Å²) in [4.78, 5) is 4.26. The van der Waals surface area contributed by atoms with Crippen LogP contribution in [0.4, 0.5) is 13.2 Å². The average molecular weight is 445 g/mol. The van der Waals surface area contributed by atoms with Crippen molar-refractivity contribution in [3.63, 3.8) is 0 Å². The Morgan fingerprint density at radius 2 is 1.56 bits per heavy atom. The van der Waals surface area contributed by atoms with Crippen molar-refractivity contribution in [2.24, 2.45) is 0 Å². The van der Waals surface area contributed by atoms with Gasteiger partial charge in [-0.25, -0.2) is 0 Å². The highest BCUT2D eigenvalue weighted by Gasteiger charge is 2.49. The molecule has 0 amide bonds. The second-order valence-corrected chi connectivity index (χ2v) is 8.86. The van der Waals surface area contributed by atoms with E-state index >= 15 is 0 Å². The van der Waals surface area contributed by atoms with Gasteiger partial charge in [0.05, 0.1) is 13.0 Å². The van der Waals surface area contributed by atoms with Crippen LogP contribution >= 0.6 is 0 Å². The molecule has 2 aromatic carbocycles. The van der Waals surface area contributed by atoms with Crippen molar-refractivity contribution < 1.29 is 18.3 Å². The van der Waals surface area contributed by atoms with E-state index in [-0.39, 0.29) is 31.2 Å². The molecule has 0 aromatic heterocycles. The maximum atomic E-state index is 12.8. The monoisotopic (exact) mass is 444 g/mol. The molecule has 0 spiro atoms. The number of benzene rings is 2. The molecule has 0 bridgehead atoms. The van der Waals surface area contributed by atoms with Crippen LogP contribution in [0.2, 0.25) is 0 Å². The van der Waals surface area contributed by atoms with Gasteiger partial charge in [-0.2, -0.15) is 13.2 Å². The van der Waals surface area contributed by atoms with E-state index in [1.807, 2.05) is 23.1 Å². The zero-order valence-electron chi connectivity index (χ0n) is 18.2. The van der Waals surface area contributed by atoms with Gasteiger partial charge in [-0.05, 0) is 42.6 Å². The van der Waals surface area contributed by atoms with Crippen LogP contribution in [0.3, 0.4) is 0 Å². The first-order valence-electron chi connectivity index (χ1n) is 11.4. The molecular weight excluding hydrogens is 413 g/mol. The normalized spacial score (nSPS) is 25.2. The van der Waals surface area contributed by atoms with Gasteiger partial charge in [0.15, 0.2) is 0 Å². The van der Waals surface area contributed by atoms with Gasteiger partial charge in [0.25, 0.3) is 0 Å². The molecule has 172 valence electrons. The lowest BCUT2D eigenvalue weighted by atomic mass is 9.74. The summed E-state index contributed by atoms with van der Waals surface area (Å²) in [7, 11) is 0. The fourth-order valence-corrected chi connectivity index (χ4v) is 5.09. The first kappa shape index (κ1) is 23.0. The smallest absolute Gasteiger partial charge is 0.390 e. The highest BCUT2D eigenvalue weighted by atomic mass is 19.4. The van der Waals surface area contributed by atoms with Gasteiger partial charge in [-0.1, -0.05) is 66.7 Å². The zero-order valence-corrected chi connectivity index (χ0v) is 18.2. The molecule has 2 saturated heterocycles. The summed E-state index contributed by atoms with van der Waals surface area (Å²) in [5.41, 5.74) is 3.39. The molecule has 0 saturated carbocycles. The number of halogens is 3. The van der Waals surface area contributed by atoms with Crippen molar-refractivity contribution in [3.8, 4) is 0 Å². The molecule has 0 radical (unpaired) electrons. The van der Waals surface area contributed by atoms with Crippen molar-refractivity contribution >= 4 is 12.2 Å². The third-order valence-corrected chi connectivity index (χ3v) is 6.75. The minimum Gasteiger partial charge on any atom is -0.395 e. The Labute approximate surface area is 188 Å². The van der Waals surface area contributed by atoms with E-state index in [2.05, 4.69) is 53.5 Å². The van der Waals surface area contributed by atoms with Crippen molar-refractivity contribution in [1.82, 2.24) is 9.80 Å². The van der Waals surface area contributed by atoms with E-state index in [9.17, 15) is 18.3 Å². The van der Waals surface area contributed by atoms with Crippen molar-refractivity contribution in [3.05, 3.63) is 71.3 Å². The molecule has 2 aliphatic heterocycles. The summed E-state index contributed by atoms with van der Waals surface area (Å²) < 4.78 is 38.3. The molecule has 4 rings (SSSR count). The maximum absolute atomic E-state index is 12.8. The molecule has 2 aliphatic rings. The van der Waals surface area contributed by atoms with Crippen LogP contribution in [0, 0.1) is 0 Å². The van der Waals surface area contributed by atoms with E-state index in [0.717, 1.165) is 36.1 Å². The molecule has 3 nitrogen and oxygen atoms in total. The van der Waals surface area contributed by atoms with E-state index in [4.69, 9.17) is 0 Å². The van der Waals surface area contributed by atoms with Crippen LogP contribution < -0.4 is 0 Å². The van der Waals surface area contributed by atoms with Crippen LogP contribution in [0.1, 0.15) is 41.9 Å². The lowest BCUT2D eigenvalue weighted by Crippen LogP contribution is -2.67. The lowest BCUT2D eigenvalue weighted by Gasteiger charge is -2.57. The highest BCUT2D eigenvalue weighted by Crippen LogP contribution is 2.42. The largest absolute Gasteiger partial charge is 0.395 e. The van der Waals surface area contributed by atoms with Gasteiger partial charge in [0, 0.05) is 31.1 Å². The van der Waals surface area contributed by atoms with Gasteiger partial charge in [-0.15, -0.1) is 0 Å². The Balaban J connectivity index is 1.46. The average Bonchev–Trinajstić information content (AvgIpc) is 2.77. The van der Waals surface area contributed by atoms with Crippen LogP contribution in [-0.2, 0) is 0 Å². The van der Waals surface area contributed by atoms with Crippen LogP contribution in [0.25, 0.3) is 12.2 Å². The minimum absolute atomic E-state index is 0.0354. The number of fused-ring (bicyclic) bond motifs is 1. The van der Waals surface area contributed by atoms with Gasteiger partial charge in [0.2, 0.25) is 0 Å². The van der Waals surface area contributed by atoms with Gasteiger partial charge < -0.3 is 10.0 Å². The van der Waals surface area contributed by atoms with E-state index in [1.54, 1.807) is 0 Å². The molecule has 3 atom stereocenters. The van der Waals surface area contributed by atoms with Crippen molar-refractivity contribution in [1.29, 1.82) is 0 Å². The molecule has 1 N–H and O–H groups in total. The third-order valence-electron chi connectivity index (χ3n) is 6.75. The van der Waals surface area contributed by atoms with Crippen LogP contribution in [-0.4, -0.2) is 66.0 Å². The fourth-order valence-electron chi connectivity index (χ4n) is 5.09. The number of nitrogens with zero attached hydrogens (tertiary/aromatic N) is 2. The van der Waals surface area contributed by atoms with Crippen molar-refractivity contribution in [2.75, 3.05) is 32.8 Å². The van der Waals surface area contributed by atoms with Gasteiger partial charge >= 0.3 is 6.18 Å². The number of hydrogen-bond acceptors (Lipinski definition) is 3. The lowest BCUT2D eigenvalue weighted by molar-refractivity contribution is -0.140. The summed E-state index contributed by atoms with van der Waals surface area (Å²) in [5.74, 6) is 0.138. The van der Waals surface area contributed by atoms with E-state index in [1.165, 1.54) is 0 Å². The number of hydrogen-bond donors (Lipinski definition) is 1. The van der Waals surface area contributed by atoms with Gasteiger partial charge in [0.1, 0.15) is 0 Å². The summed E-state index contributed by atoms with van der Waals surface area (Å²) in [6, 6.07) is 18.7. The molecule has 32 heavy (non-hydrogen) atoms. The first-order chi connectivity index (χ1) is 15.4. The highest BCUT2D eigenvalue weighted by molar-refractivity contribution is 5.69. The topological polar surface area (TPSA) is 26.7 Å². The number of aliphatic hydroxyl groups is 1. The van der Waals surface area contributed by atoms with E-state index in [0.29, 0.717) is 13.1 Å². The number of rotatable bonds is 6. The number of alkyl halides is 3. The second-order valence-electron chi connectivity index (χ2n) is 8.86. The predicted molar refractivity (Wildman–Crippen MR) is 122 cm³/mol. The Hall–Kier alpha value is -2.15. The Morgan fingerprint density at radius 1 is 0.906 bits per heavy atom. The molecule has 2 fully saturated rings. The molecule has 0 aliphatic carbocycles. The quantitative estimate of drug-likeness (QED) is 0.633. The Kier molecular flexibility index (Phi) is 7.33. The van der Waals surface area contributed by atoms with Crippen molar-refractivity contribution in [2.45, 2.75) is 43.4 Å². The minimum atomic E-state index is -4.13. The second kappa shape index (κ2) is 10.2. The molecule has 6 heteroatoms. The first-order valence-corrected chi connectivity index (χ1v) is 11.4. The van der Waals surface area contributed by atoms with Crippen LogP contribution in [0.5, 0.6) is 0 Å². The van der Waals surface area contributed by atoms with Crippen LogP contribution in [0.15, 0.2) is 54.6 Å². The predicted octanol–water partition coefficient (Wildman–Crippen LogP) is 5.03. The molecule has 2 heterocycles. The summed E-state index contributed by atoms with van der Waals surface area (Å²) in [6.45, 7) is 2.34. The summed E-state index contributed by atoms with van der Waals surface area (Å²) in [6.07, 6.45) is 1.10. The standard InChI is InChI=1S/C26H31F3N2O/c27-26(28,29)14-17-30-15-4-5-16-31-23(18-30)25(24(31)19-32)22-12-10-21(11-13-22)9-8-20-6-2-1-3-7-20/h1-3,6-13,23-25,32H,4-5,14-19H2/b9-8+/t23-,24-,25-/m1/s1. The zero-order chi connectivity index (χ0) is 22.6. The summed E-state index contributed by atoms with van der Waals surface area (Å²) >= 11 is 0. The maximum Gasteiger partial charge on any atom is 0.390 e. The Bertz CT molecular complexity index is 882. The third kappa shape index (κ3) is 5.61. The van der Waals surface area contributed by atoms with Gasteiger partial charge in [-0.3, -0.25) is 4.90 Å². The molecular formula is C26H31F3N2O. The van der Waals surface area contributed by atoms with E-state index < -0.39 is 12.6 Å². The molecule has 2 aromatic rings. The Morgan fingerprint density at radius 3 is 2.22 bits per heavy atom. The number of aliphatic hydroxyl groups excluding tert-OH is 1. The fraction of sp³-hybridized carbons (Fsp3) is 0.462. The molecule has 0 unspecified atom stereocenters. The SMILES string of the molecule is OC[C@@H]1[C@H](c2ccc(/C=C/c3ccccc3)cc2)[C@H]2CN(CCC(F)(F)F)CCCCN12.